The smallest absolute Gasteiger partial charge is 0.238 e. The first-order valence-corrected chi connectivity index (χ1v) is 7.39. The van der Waals surface area contributed by atoms with E-state index in [9.17, 15) is 10.1 Å². The maximum absolute atomic E-state index is 11.9. The highest BCUT2D eigenvalue weighted by Crippen LogP contribution is 2.42. The first kappa shape index (κ1) is 12.7. The zero-order valence-electron chi connectivity index (χ0n) is 10.0. The lowest BCUT2D eigenvalue weighted by Crippen LogP contribution is -2.55. The van der Waals surface area contributed by atoms with Crippen LogP contribution in [0.15, 0.2) is 0 Å². The molecule has 0 radical (unpaired) electrons. The molecule has 94 valence electrons. The van der Waals surface area contributed by atoms with Crippen LogP contribution >= 0.6 is 11.8 Å². The molecule has 0 bridgehead atoms. The van der Waals surface area contributed by atoms with Crippen LogP contribution < -0.4 is 5.73 Å². The molecular formula is C12H19N3OS. The molecule has 1 aliphatic heterocycles. The van der Waals surface area contributed by atoms with Crippen LogP contribution in [-0.2, 0) is 4.79 Å². The number of nitrogens with two attached hydrogens (primary N) is 1. The van der Waals surface area contributed by atoms with Gasteiger partial charge in [-0.1, -0.05) is 19.3 Å². The van der Waals surface area contributed by atoms with Crippen molar-refractivity contribution in [1.82, 2.24) is 4.90 Å². The van der Waals surface area contributed by atoms with E-state index in [1.54, 1.807) is 16.7 Å². The van der Waals surface area contributed by atoms with Crippen LogP contribution in [0.1, 0.15) is 32.1 Å². The summed E-state index contributed by atoms with van der Waals surface area (Å²) < 4.78 is 0. The Morgan fingerprint density at radius 3 is 2.76 bits per heavy atom. The number of nitrogens with zero attached hydrogens (tertiary/aromatic N) is 2. The van der Waals surface area contributed by atoms with Gasteiger partial charge in [0.05, 0.1) is 18.5 Å². The molecule has 0 unspecified atom stereocenters. The van der Waals surface area contributed by atoms with Crippen molar-refractivity contribution < 1.29 is 4.79 Å². The average molecular weight is 253 g/mol. The Bertz CT molecular complexity index is 335. The van der Waals surface area contributed by atoms with Gasteiger partial charge in [0.15, 0.2) is 0 Å². The van der Waals surface area contributed by atoms with Crippen molar-refractivity contribution in [1.29, 1.82) is 5.26 Å². The molecule has 0 spiro atoms. The van der Waals surface area contributed by atoms with Crippen LogP contribution in [-0.4, -0.2) is 34.5 Å². The van der Waals surface area contributed by atoms with Crippen molar-refractivity contribution in [2.24, 2.45) is 11.7 Å². The summed E-state index contributed by atoms with van der Waals surface area (Å²) >= 11 is 1.68. The molecule has 1 saturated heterocycles. The van der Waals surface area contributed by atoms with Gasteiger partial charge < -0.3 is 10.6 Å². The molecule has 4 nitrogen and oxygen atoms in total. The number of hydrogen-bond acceptors (Lipinski definition) is 4. The zero-order chi connectivity index (χ0) is 12.3. The van der Waals surface area contributed by atoms with Crippen LogP contribution in [0.2, 0.25) is 0 Å². The number of hydrogen-bond donors (Lipinski definition) is 1. The number of carbonyl (C=O) groups is 1. The lowest BCUT2D eigenvalue weighted by molar-refractivity contribution is -0.133. The fourth-order valence-electron chi connectivity index (χ4n) is 2.99. The van der Waals surface area contributed by atoms with Gasteiger partial charge in [-0.2, -0.15) is 5.26 Å². The molecular weight excluding hydrogens is 234 g/mol. The Hall–Kier alpha value is -0.730. The minimum atomic E-state index is -0.582. The summed E-state index contributed by atoms with van der Waals surface area (Å²) in [6.07, 6.45) is 5.77. The summed E-state index contributed by atoms with van der Waals surface area (Å²) in [5, 5.41) is 9.59. The second-order valence-electron chi connectivity index (χ2n) is 4.87. The van der Waals surface area contributed by atoms with Crippen molar-refractivity contribution in [2.45, 2.75) is 37.6 Å². The fourth-order valence-corrected chi connectivity index (χ4v) is 4.41. The van der Waals surface area contributed by atoms with E-state index in [0.29, 0.717) is 11.8 Å². The Morgan fingerprint density at radius 2 is 2.18 bits per heavy atom. The normalized spacial score (nSPS) is 30.2. The lowest BCUT2D eigenvalue weighted by Gasteiger charge is -2.40. The van der Waals surface area contributed by atoms with E-state index in [4.69, 9.17) is 5.73 Å². The van der Waals surface area contributed by atoms with Crippen LogP contribution in [0.4, 0.5) is 0 Å². The van der Waals surface area contributed by atoms with E-state index < -0.39 is 5.54 Å². The highest BCUT2D eigenvalue weighted by atomic mass is 32.2. The van der Waals surface area contributed by atoms with Gasteiger partial charge in [-0.15, -0.1) is 11.8 Å². The van der Waals surface area contributed by atoms with Gasteiger partial charge in [0.25, 0.3) is 0 Å². The van der Waals surface area contributed by atoms with E-state index in [2.05, 4.69) is 6.07 Å². The number of carbonyl (C=O) groups excluding carboxylic acids is 1. The molecule has 17 heavy (non-hydrogen) atoms. The van der Waals surface area contributed by atoms with Gasteiger partial charge in [-0.3, -0.25) is 4.79 Å². The molecule has 5 heteroatoms. The highest BCUT2D eigenvalue weighted by Gasteiger charge is 2.49. The Morgan fingerprint density at radius 1 is 1.47 bits per heavy atom. The molecule has 1 aliphatic carbocycles. The second-order valence-corrected chi connectivity index (χ2v) is 5.83. The third-order valence-electron chi connectivity index (χ3n) is 3.97. The van der Waals surface area contributed by atoms with Crippen molar-refractivity contribution >= 4 is 17.7 Å². The Kier molecular flexibility index (Phi) is 3.95. The lowest BCUT2D eigenvalue weighted by atomic mass is 9.75. The largest absolute Gasteiger partial charge is 0.322 e. The maximum Gasteiger partial charge on any atom is 0.238 e. The number of thioether (sulfide) groups is 1. The minimum absolute atomic E-state index is 0.0106. The van der Waals surface area contributed by atoms with Crippen LogP contribution in [0.3, 0.4) is 0 Å². The summed E-state index contributed by atoms with van der Waals surface area (Å²) in [6, 6.07) is 2.44. The van der Waals surface area contributed by atoms with Gasteiger partial charge >= 0.3 is 0 Å². The molecule has 0 aromatic rings. The van der Waals surface area contributed by atoms with Crippen molar-refractivity contribution in [3.05, 3.63) is 0 Å². The van der Waals surface area contributed by atoms with E-state index in [1.807, 2.05) is 0 Å². The summed E-state index contributed by atoms with van der Waals surface area (Å²) in [4.78, 5) is 13.6. The standard InChI is InChI=1S/C12H19N3OS/c13-6-11(16)15-9-17-8-12(15,7-14)10-4-2-1-3-5-10/h10H,1-6,8-9,13H2/t12-/m1/s1. The average Bonchev–Trinajstić information content (AvgIpc) is 2.84. The predicted octanol–water partition coefficient (Wildman–Crippen LogP) is 1.32. The molecule has 2 rings (SSSR count). The third-order valence-corrected chi connectivity index (χ3v) is 5.06. The quantitative estimate of drug-likeness (QED) is 0.805. The maximum atomic E-state index is 11.9. The minimum Gasteiger partial charge on any atom is -0.322 e. The van der Waals surface area contributed by atoms with Crippen molar-refractivity contribution in [2.75, 3.05) is 18.2 Å². The van der Waals surface area contributed by atoms with Crippen molar-refractivity contribution in [3.8, 4) is 6.07 Å². The molecule has 1 atom stereocenters. The molecule has 0 aromatic heterocycles. The van der Waals surface area contributed by atoms with E-state index in [1.165, 1.54) is 19.3 Å². The molecule has 1 heterocycles. The number of rotatable bonds is 2. The summed E-state index contributed by atoms with van der Waals surface area (Å²) in [5.41, 5.74) is 4.87. The van der Waals surface area contributed by atoms with Gasteiger partial charge in [-0.05, 0) is 18.8 Å². The van der Waals surface area contributed by atoms with Crippen LogP contribution in [0.25, 0.3) is 0 Å². The Balaban J connectivity index is 2.22. The molecule has 2 fully saturated rings. The van der Waals surface area contributed by atoms with Gasteiger partial charge in [0.1, 0.15) is 5.54 Å². The first-order valence-electron chi connectivity index (χ1n) is 6.24. The molecule has 0 aromatic carbocycles. The Labute approximate surface area is 107 Å². The monoisotopic (exact) mass is 253 g/mol. The molecule has 1 saturated carbocycles. The summed E-state index contributed by atoms with van der Waals surface area (Å²) in [6.45, 7) is 0.0106. The van der Waals surface area contributed by atoms with Crippen LogP contribution in [0.5, 0.6) is 0 Å². The van der Waals surface area contributed by atoms with Gasteiger partial charge in [0.2, 0.25) is 5.91 Å². The zero-order valence-corrected chi connectivity index (χ0v) is 10.8. The molecule has 1 amide bonds. The molecule has 2 N–H and O–H groups in total. The van der Waals surface area contributed by atoms with E-state index >= 15 is 0 Å². The topological polar surface area (TPSA) is 70.1 Å². The van der Waals surface area contributed by atoms with Gasteiger partial charge in [-0.25, -0.2) is 0 Å². The second kappa shape index (κ2) is 5.28. The first-order chi connectivity index (χ1) is 8.24. The van der Waals surface area contributed by atoms with E-state index in [0.717, 1.165) is 18.6 Å². The number of amides is 1. The summed E-state index contributed by atoms with van der Waals surface area (Å²) in [7, 11) is 0. The van der Waals surface area contributed by atoms with Crippen LogP contribution in [0, 0.1) is 17.2 Å². The van der Waals surface area contributed by atoms with Gasteiger partial charge in [0, 0.05) is 5.75 Å². The SMILES string of the molecule is N#C[C@]1(C2CCCCC2)CSCN1C(=O)CN. The fraction of sp³-hybridized carbons (Fsp3) is 0.833. The van der Waals surface area contributed by atoms with E-state index in [-0.39, 0.29) is 12.5 Å². The highest BCUT2D eigenvalue weighted by molar-refractivity contribution is 7.99. The third kappa shape index (κ3) is 2.16. The molecule has 2 aliphatic rings. The summed E-state index contributed by atoms with van der Waals surface area (Å²) in [5.74, 6) is 1.63. The van der Waals surface area contributed by atoms with Crippen molar-refractivity contribution in [3.63, 3.8) is 0 Å². The number of nitriles is 1. The predicted molar refractivity (Wildman–Crippen MR) is 68.1 cm³/mol.